The van der Waals surface area contributed by atoms with Crippen molar-refractivity contribution >= 4 is 12.0 Å². The number of alkyl halides is 3. The van der Waals surface area contributed by atoms with Crippen LogP contribution in [-0.2, 0) is 12.7 Å². The standard InChI is InChI=1S/C19H17F3N2O3/c1-10(25)2-3-17(26)12-5-15(18(27)24-8-12)14-6-13(19(20,21)22)4-11-7-23-9-16(11)14/h4-6,8-10,25H,2-3,7H2,1H3,(H,24,27)/t10-/m0/s1. The molecular weight excluding hydrogens is 361 g/mol. The minimum Gasteiger partial charge on any atom is -0.393 e. The van der Waals surface area contributed by atoms with Crippen molar-refractivity contribution < 1.29 is 23.1 Å². The lowest BCUT2D eigenvalue weighted by Crippen LogP contribution is -2.14. The molecule has 1 aliphatic heterocycles. The number of nitrogens with one attached hydrogen (secondary N) is 1. The van der Waals surface area contributed by atoms with E-state index in [0.717, 1.165) is 12.1 Å². The lowest BCUT2D eigenvalue weighted by Gasteiger charge is -2.13. The molecule has 2 aromatic rings. The Morgan fingerprint density at radius 2 is 2.04 bits per heavy atom. The predicted octanol–water partition coefficient (Wildman–Crippen LogP) is 3.34. The molecule has 27 heavy (non-hydrogen) atoms. The second-order valence-corrected chi connectivity index (χ2v) is 6.51. The van der Waals surface area contributed by atoms with Crippen LogP contribution in [-0.4, -0.2) is 28.2 Å². The molecule has 1 atom stereocenters. The van der Waals surface area contributed by atoms with Crippen molar-refractivity contribution in [2.75, 3.05) is 0 Å². The molecule has 0 bridgehead atoms. The summed E-state index contributed by atoms with van der Waals surface area (Å²) in [7, 11) is 0. The number of hydrogen-bond donors (Lipinski definition) is 2. The van der Waals surface area contributed by atoms with Crippen LogP contribution in [0.2, 0.25) is 0 Å². The molecule has 0 aliphatic carbocycles. The third-order valence-corrected chi connectivity index (χ3v) is 4.38. The van der Waals surface area contributed by atoms with Crippen molar-refractivity contribution in [2.45, 2.75) is 38.6 Å². The lowest BCUT2D eigenvalue weighted by molar-refractivity contribution is -0.137. The molecule has 2 N–H and O–H groups in total. The normalized spacial score (nSPS) is 14.3. The van der Waals surface area contributed by atoms with Gasteiger partial charge in [0.1, 0.15) is 0 Å². The van der Waals surface area contributed by atoms with Gasteiger partial charge in [0.2, 0.25) is 0 Å². The molecular formula is C19H17F3N2O3. The van der Waals surface area contributed by atoms with Crippen LogP contribution in [0.4, 0.5) is 13.2 Å². The maximum absolute atomic E-state index is 13.2. The molecule has 8 heteroatoms. The Kier molecular flexibility index (Phi) is 5.01. The molecule has 0 spiro atoms. The molecule has 3 rings (SSSR count). The number of carbonyl (C=O) groups excluding carboxylic acids is 1. The molecule has 0 fully saturated rings. The number of fused-ring (bicyclic) bond motifs is 1. The molecule has 1 aromatic heterocycles. The number of nitrogens with zero attached hydrogens (tertiary/aromatic N) is 1. The highest BCUT2D eigenvalue weighted by molar-refractivity contribution is 5.98. The van der Waals surface area contributed by atoms with Gasteiger partial charge in [0, 0.05) is 35.5 Å². The largest absolute Gasteiger partial charge is 0.416 e. The quantitative estimate of drug-likeness (QED) is 0.783. The molecule has 5 nitrogen and oxygen atoms in total. The summed E-state index contributed by atoms with van der Waals surface area (Å²) in [5.74, 6) is -0.314. The number of benzene rings is 1. The number of halogens is 3. The molecule has 0 radical (unpaired) electrons. The van der Waals surface area contributed by atoms with Gasteiger partial charge in [-0.25, -0.2) is 0 Å². The molecule has 0 saturated carbocycles. The summed E-state index contributed by atoms with van der Waals surface area (Å²) < 4.78 is 39.7. The van der Waals surface area contributed by atoms with Gasteiger partial charge in [-0.2, -0.15) is 13.2 Å². The number of ketones is 1. The fourth-order valence-electron chi connectivity index (χ4n) is 2.95. The molecule has 0 amide bonds. The average Bonchev–Trinajstić information content (AvgIpc) is 3.07. The minimum atomic E-state index is -4.57. The van der Waals surface area contributed by atoms with Crippen LogP contribution < -0.4 is 5.56 Å². The van der Waals surface area contributed by atoms with E-state index in [2.05, 4.69) is 9.98 Å². The van der Waals surface area contributed by atoms with E-state index < -0.39 is 23.4 Å². The molecule has 1 aromatic carbocycles. The van der Waals surface area contributed by atoms with E-state index in [9.17, 15) is 27.9 Å². The van der Waals surface area contributed by atoms with Crippen molar-refractivity contribution in [3.05, 3.63) is 57.0 Å². The maximum Gasteiger partial charge on any atom is 0.416 e. The molecule has 142 valence electrons. The summed E-state index contributed by atoms with van der Waals surface area (Å²) in [6, 6.07) is 3.23. The van der Waals surface area contributed by atoms with Crippen molar-refractivity contribution in [3.63, 3.8) is 0 Å². The summed E-state index contributed by atoms with van der Waals surface area (Å²) >= 11 is 0. The SMILES string of the molecule is C[C@H](O)CCC(=O)c1c[nH]c(=O)c(-c2cc(C(F)(F)F)cc3c2C=NC3)c1. The van der Waals surface area contributed by atoms with E-state index in [1.807, 2.05) is 0 Å². The number of aromatic nitrogens is 1. The summed E-state index contributed by atoms with van der Waals surface area (Å²) in [5.41, 5.74) is -0.393. The lowest BCUT2D eigenvalue weighted by atomic mass is 9.93. The zero-order valence-corrected chi connectivity index (χ0v) is 14.4. The third-order valence-electron chi connectivity index (χ3n) is 4.38. The van der Waals surface area contributed by atoms with Gasteiger partial charge in [0.15, 0.2) is 5.78 Å². The Morgan fingerprint density at radius 3 is 2.70 bits per heavy atom. The second-order valence-electron chi connectivity index (χ2n) is 6.51. The fourth-order valence-corrected chi connectivity index (χ4v) is 2.95. The average molecular weight is 378 g/mol. The van der Waals surface area contributed by atoms with Crippen molar-refractivity contribution in [3.8, 4) is 11.1 Å². The van der Waals surface area contributed by atoms with Crippen LogP contribution in [0.1, 0.15) is 46.8 Å². The summed E-state index contributed by atoms with van der Waals surface area (Å²) in [5, 5.41) is 9.31. The van der Waals surface area contributed by atoms with Crippen LogP contribution in [0, 0.1) is 0 Å². The van der Waals surface area contributed by atoms with Crippen LogP contribution in [0.3, 0.4) is 0 Å². The van der Waals surface area contributed by atoms with Crippen LogP contribution >= 0.6 is 0 Å². The van der Waals surface area contributed by atoms with Gasteiger partial charge in [0.25, 0.3) is 5.56 Å². The Labute approximate surface area is 152 Å². The Hall–Kier alpha value is -2.74. The number of aromatic amines is 1. The van der Waals surface area contributed by atoms with E-state index in [4.69, 9.17) is 0 Å². The molecule has 0 unspecified atom stereocenters. The van der Waals surface area contributed by atoms with Crippen LogP contribution in [0.15, 0.2) is 34.2 Å². The number of aliphatic hydroxyl groups excluding tert-OH is 1. The summed E-state index contributed by atoms with van der Waals surface area (Å²) in [6.07, 6.45) is -2.24. The Bertz CT molecular complexity index is 975. The minimum absolute atomic E-state index is 0.0198. The number of aliphatic imine (C=N–C) groups is 1. The van der Waals surface area contributed by atoms with Gasteiger partial charge in [0.05, 0.1) is 18.2 Å². The van der Waals surface area contributed by atoms with Gasteiger partial charge in [-0.05, 0) is 42.7 Å². The first kappa shape index (κ1) is 19.0. The number of Topliss-reactive ketones (excluding diaryl/α,β-unsaturated/α-hetero) is 1. The van der Waals surface area contributed by atoms with E-state index in [1.54, 1.807) is 6.92 Å². The van der Waals surface area contributed by atoms with Gasteiger partial charge in [-0.3, -0.25) is 14.6 Å². The maximum atomic E-state index is 13.2. The Morgan fingerprint density at radius 1 is 1.30 bits per heavy atom. The number of aliphatic hydroxyl groups is 1. The number of H-pyrrole nitrogens is 1. The van der Waals surface area contributed by atoms with E-state index in [0.29, 0.717) is 11.1 Å². The number of hydrogen-bond acceptors (Lipinski definition) is 4. The predicted molar refractivity (Wildman–Crippen MR) is 94.0 cm³/mol. The van der Waals surface area contributed by atoms with Gasteiger partial charge < -0.3 is 10.1 Å². The summed E-state index contributed by atoms with van der Waals surface area (Å²) in [6.45, 7) is 1.66. The topological polar surface area (TPSA) is 82.5 Å². The zero-order valence-electron chi connectivity index (χ0n) is 14.4. The van der Waals surface area contributed by atoms with E-state index in [1.165, 1.54) is 18.5 Å². The van der Waals surface area contributed by atoms with Gasteiger partial charge in [-0.15, -0.1) is 0 Å². The molecule has 1 aliphatic rings. The first-order valence-corrected chi connectivity index (χ1v) is 8.35. The number of rotatable bonds is 5. The Balaban J connectivity index is 2.10. The van der Waals surface area contributed by atoms with E-state index in [-0.39, 0.29) is 41.9 Å². The first-order chi connectivity index (χ1) is 12.7. The van der Waals surface area contributed by atoms with Crippen LogP contribution in [0.5, 0.6) is 0 Å². The molecule has 2 heterocycles. The summed E-state index contributed by atoms with van der Waals surface area (Å²) in [4.78, 5) is 31.0. The highest BCUT2D eigenvalue weighted by atomic mass is 19.4. The third kappa shape index (κ3) is 4.00. The van der Waals surface area contributed by atoms with Gasteiger partial charge in [-0.1, -0.05) is 0 Å². The van der Waals surface area contributed by atoms with Crippen molar-refractivity contribution in [1.82, 2.24) is 4.98 Å². The fraction of sp³-hybridized carbons (Fsp3) is 0.316. The van der Waals surface area contributed by atoms with E-state index >= 15 is 0 Å². The highest BCUT2D eigenvalue weighted by Crippen LogP contribution is 2.36. The number of pyridine rings is 1. The number of carbonyl (C=O) groups is 1. The smallest absolute Gasteiger partial charge is 0.393 e. The van der Waals surface area contributed by atoms with Crippen molar-refractivity contribution in [2.24, 2.45) is 4.99 Å². The van der Waals surface area contributed by atoms with Crippen molar-refractivity contribution in [1.29, 1.82) is 0 Å². The monoisotopic (exact) mass is 378 g/mol. The van der Waals surface area contributed by atoms with Gasteiger partial charge >= 0.3 is 6.18 Å². The zero-order chi connectivity index (χ0) is 19.8. The first-order valence-electron chi connectivity index (χ1n) is 8.35. The highest BCUT2D eigenvalue weighted by Gasteiger charge is 2.33. The second kappa shape index (κ2) is 7.11. The van der Waals surface area contributed by atoms with Crippen LogP contribution in [0.25, 0.3) is 11.1 Å². The molecule has 0 saturated heterocycles.